The zero-order valence-electron chi connectivity index (χ0n) is 12.8. The van der Waals surface area contributed by atoms with Crippen LogP contribution in [0.15, 0.2) is 47.4 Å². The molecule has 1 nitrogen and oxygen atoms in total. The molecule has 2 aromatic rings. The van der Waals surface area contributed by atoms with Crippen LogP contribution in [0.4, 0.5) is 0 Å². The molecule has 0 saturated heterocycles. The Kier molecular flexibility index (Phi) is 6.16. The second kappa shape index (κ2) is 7.88. The van der Waals surface area contributed by atoms with Crippen LogP contribution in [0.2, 0.25) is 5.02 Å². The van der Waals surface area contributed by atoms with E-state index in [0.29, 0.717) is 6.04 Å². The van der Waals surface area contributed by atoms with Crippen molar-refractivity contribution in [2.75, 3.05) is 0 Å². The van der Waals surface area contributed by atoms with Crippen molar-refractivity contribution < 1.29 is 0 Å². The molecule has 0 fully saturated rings. The highest BCUT2D eigenvalue weighted by Crippen LogP contribution is 2.25. The van der Waals surface area contributed by atoms with Crippen molar-refractivity contribution in [2.45, 2.75) is 44.0 Å². The molecule has 0 aliphatic rings. The molecule has 3 heteroatoms. The van der Waals surface area contributed by atoms with E-state index in [9.17, 15) is 0 Å². The fourth-order valence-electron chi connectivity index (χ4n) is 2.02. The Morgan fingerprint density at radius 3 is 2.43 bits per heavy atom. The van der Waals surface area contributed by atoms with Gasteiger partial charge < -0.3 is 5.32 Å². The second-order valence-corrected chi connectivity index (χ2v) is 7.02. The van der Waals surface area contributed by atoms with Gasteiger partial charge in [0.25, 0.3) is 0 Å². The minimum absolute atomic E-state index is 0.517. The van der Waals surface area contributed by atoms with E-state index in [1.807, 2.05) is 23.9 Å². The molecule has 0 radical (unpaired) electrons. The summed E-state index contributed by atoms with van der Waals surface area (Å²) >= 11 is 7.77. The van der Waals surface area contributed by atoms with Gasteiger partial charge >= 0.3 is 0 Å². The largest absolute Gasteiger partial charge is 0.310 e. The van der Waals surface area contributed by atoms with Gasteiger partial charge in [-0.1, -0.05) is 43.6 Å². The van der Waals surface area contributed by atoms with E-state index in [4.69, 9.17) is 11.6 Å². The highest BCUT2D eigenvalue weighted by molar-refractivity contribution is 7.98. The minimum atomic E-state index is 0.517. The van der Waals surface area contributed by atoms with Gasteiger partial charge in [-0.3, -0.25) is 0 Å². The fraction of sp³-hybridized carbons (Fsp3) is 0.333. The Morgan fingerprint density at radius 2 is 1.81 bits per heavy atom. The molecule has 0 amide bonds. The maximum absolute atomic E-state index is 5.91. The van der Waals surface area contributed by atoms with Gasteiger partial charge in [0.2, 0.25) is 0 Å². The number of rotatable bonds is 6. The zero-order valence-corrected chi connectivity index (χ0v) is 14.4. The summed E-state index contributed by atoms with van der Waals surface area (Å²) < 4.78 is 0. The number of halogens is 1. The average molecular weight is 320 g/mol. The molecule has 0 aliphatic heterocycles. The predicted molar refractivity (Wildman–Crippen MR) is 94.2 cm³/mol. The second-order valence-electron chi connectivity index (χ2n) is 5.54. The summed E-state index contributed by atoms with van der Waals surface area (Å²) in [5, 5.41) is 4.26. The van der Waals surface area contributed by atoms with Crippen LogP contribution in [-0.4, -0.2) is 6.04 Å². The van der Waals surface area contributed by atoms with Crippen LogP contribution in [0.25, 0.3) is 0 Å². The first-order valence-electron chi connectivity index (χ1n) is 7.25. The van der Waals surface area contributed by atoms with E-state index in [-0.39, 0.29) is 0 Å². The molecule has 0 aromatic heterocycles. The first-order valence-corrected chi connectivity index (χ1v) is 8.61. The monoisotopic (exact) mass is 319 g/mol. The Balaban J connectivity index is 1.95. The molecule has 112 valence electrons. The molecule has 0 unspecified atom stereocenters. The van der Waals surface area contributed by atoms with E-state index < -0.39 is 0 Å². The van der Waals surface area contributed by atoms with Crippen molar-refractivity contribution in [3.8, 4) is 0 Å². The van der Waals surface area contributed by atoms with Gasteiger partial charge in [0.1, 0.15) is 0 Å². The third kappa shape index (κ3) is 5.39. The van der Waals surface area contributed by atoms with Crippen LogP contribution >= 0.6 is 23.4 Å². The van der Waals surface area contributed by atoms with Crippen LogP contribution < -0.4 is 5.32 Å². The Bertz CT molecular complexity index is 578. The van der Waals surface area contributed by atoms with E-state index in [1.165, 1.54) is 21.6 Å². The summed E-state index contributed by atoms with van der Waals surface area (Å²) in [6.07, 6.45) is 0. The minimum Gasteiger partial charge on any atom is -0.310 e. The quantitative estimate of drug-likeness (QED) is 0.712. The molecular formula is C18H22ClNS. The van der Waals surface area contributed by atoms with Crippen LogP contribution in [-0.2, 0) is 12.3 Å². The molecule has 21 heavy (non-hydrogen) atoms. The normalized spacial score (nSPS) is 11.1. The van der Waals surface area contributed by atoms with Crippen molar-refractivity contribution >= 4 is 23.4 Å². The van der Waals surface area contributed by atoms with Gasteiger partial charge in [-0.2, -0.15) is 0 Å². The summed E-state index contributed by atoms with van der Waals surface area (Å²) in [5.74, 6) is 0.972. The summed E-state index contributed by atoms with van der Waals surface area (Å²) in [6, 6.07) is 15.3. The van der Waals surface area contributed by atoms with Gasteiger partial charge in [0, 0.05) is 28.3 Å². The molecule has 1 N–H and O–H groups in total. The number of thioether (sulfide) groups is 1. The van der Waals surface area contributed by atoms with Gasteiger partial charge in [-0.15, -0.1) is 11.8 Å². The summed E-state index contributed by atoms with van der Waals surface area (Å²) in [4.78, 5) is 1.32. The van der Waals surface area contributed by atoms with E-state index in [1.54, 1.807) is 0 Å². The Morgan fingerprint density at radius 1 is 1.10 bits per heavy atom. The lowest BCUT2D eigenvalue weighted by Crippen LogP contribution is -2.22. The van der Waals surface area contributed by atoms with Crippen LogP contribution in [0.5, 0.6) is 0 Å². The van der Waals surface area contributed by atoms with Crippen molar-refractivity contribution in [3.63, 3.8) is 0 Å². The van der Waals surface area contributed by atoms with Crippen LogP contribution in [0.1, 0.15) is 30.5 Å². The molecular weight excluding hydrogens is 298 g/mol. The molecule has 0 bridgehead atoms. The fourth-order valence-corrected chi connectivity index (χ4v) is 3.09. The number of hydrogen-bond donors (Lipinski definition) is 1. The molecule has 0 spiro atoms. The zero-order chi connectivity index (χ0) is 15.2. The Labute approximate surface area is 137 Å². The number of hydrogen-bond acceptors (Lipinski definition) is 2. The summed E-state index contributed by atoms with van der Waals surface area (Å²) in [5.41, 5.74) is 4.02. The maximum atomic E-state index is 5.91. The third-order valence-corrected chi connectivity index (χ3v) is 4.65. The van der Waals surface area contributed by atoms with E-state index in [0.717, 1.165) is 17.3 Å². The lowest BCUT2D eigenvalue weighted by molar-refractivity contribution is 0.587. The van der Waals surface area contributed by atoms with Gasteiger partial charge in [-0.25, -0.2) is 0 Å². The lowest BCUT2D eigenvalue weighted by atomic mass is 10.1. The molecule has 2 rings (SSSR count). The first-order chi connectivity index (χ1) is 10.0. The van der Waals surface area contributed by atoms with Crippen LogP contribution in [0, 0.1) is 6.92 Å². The molecule has 0 atom stereocenters. The van der Waals surface area contributed by atoms with Crippen molar-refractivity contribution in [1.82, 2.24) is 5.32 Å². The number of aryl methyl sites for hydroxylation is 1. The lowest BCUT2D eigenvalue weighted by Gasteiger charge is -2.12. The number of nitrogens with one attached hydrogen (secondary N) is 1. The molecule has 2 aromatic carbocycles. The highest BCUT2D eigenvalue weighted by atomic mass is 35.5. The van der Waals surface area contributed by atoms with E-state index in [2.05, 4.69) is 56.4 Å². The highest BCUT2D eigenvalue weighted by Gasteiger charge is 2.02. The van der Waals surface area contributed by atoms with Gasteiger partial charge in [-0.05, 0) is 47.9 Å². The van der Waals surface area contributed by atoms with Crippen molar-refractivity contribution in [2.24, 2.45) is 0 Å². The van der Waals surface area contributed by atoms with E-state index >= 15 is 0 Å². The topological polar surface area (TPSA) is 12.0 Å². The van der Waals surface area contributed by atoms with Crippen molar-refractivity contribution in [1.29, 1.82) is 0 Å². The molecule has 0 heterocycles. The Hall–Kier alpha value is -0.960. The maximum Gasteiger partial charge on any atom is 0.0406 e. The predicted octanol–water partition coefficient (Wildman–Crippen LogP) is 5.44. The van der Waals surface area contributed by atoms with Crippen LogP contribution in [0.3, 0.4) is 0 Å². The van der Waals surface area contributed by atoms with Gasteiger partial charge in [0.15, 0.2) is 0 Å². The molecule has 0 saturated carbocycles. The van der Waals surface area contributed by atoms with Gasteiger partial charge in [0.05, 0.1) is 0 Å². The summed E-state index contributed by atoms with van der Waals surface area (Å²) in [6.45, 7) is 7.46. The summed E-state index contributed by atoms with van der Waals surface area (Å²) in [7, 11) is 0. The number of benzene rings is 2. The smallest absolute Gasteiger partial charge is 0.0406 e. The van der Waals surface area contributed by atoms with Crippen molar-refractivity contribution in [3.05, 3.63) is 64.2 Å². The third-order valence-electron chi connectivity index (χ3n) is 3.33. The average Bonchev–Trinajstić information content (AvgIpc) is 2.45. The first kappa shape index (κ1) is 16.4. The molecule has 0 aliphatic carbocycles. The standard InChI is InChI=1S/C18H22ClNS/c1-13(2)20-11-16-6-9-18(10-14(16)3)21-12-15-4-7-17(19)8-5-15/h4-10,13,20H,11-12H2,1-3H3. The SMILES string of the molecule is Cc1cc(SCc2ccc(Cl)cc2)ccc1CNC(C)C.